The lowest BCUT2D eigenvalue weighted by atomic mass is 9.88. The number of carbonyl (C=O) groups is 1. The molecule has 1 amide bonds. The van der Waals surface area contributed by atoms with Gasteiger partial charge in [0, 0.05) is 19.0 Å². The highest BCUT2D eigenvalue weighted by Gasteiger charge is 2.45. The summed E-state index contributed by atoms with van der Waals surface area (Å²) in [6, 6.07) is 5.10. The average Bonchev–Trinajstić information content (AvgIpc) is 2.44. The molecule has 1 aromatic rings. The lowest BCUT2D eigenvalue weighted by Crippen LogP contribution is -2.49. The number of halogens is 4. The van der Waals surface area contributed by atoms with Crippen molar-refractivity contribution in [1.29, 1.82) is 0 Å². The lowest BCUT2D eigenvalue weighted by molar-refractivity contribution is -0.253. The molecule has 0 saturated carbocycles. The first-order valence-corrected chi connectivity index (χ1v) is 6.92. The molecule has 1 fully saturated rings. The fourth-order valence-electron chi connectivity index (χ4n) is 2.32. The maximum absolute atomic E-state index is 13.1. The predicted molar refractivity (Wildman–Crippen MR) is 73.9 cm³/mol. The SMILES string of the molecule is CN(CC1(C)COC1)C(=O)c1ccccc1OC(F)(F)C(F)F. The second kappa shape index (κ2) is 6.35. The van der Waals surface area contributed by atoms with E-state index in [1.165, 1.54) is 30.1 Å². The van der Waals surface area contributed by atoms with Crippen LogP contribution in [0.4, 0.5) is 17.6 Å². The lowest BCUT2D eigenvalue weighted by Gasteiger charge is -2.40. The minimum absolute atomic E-state index is 0.195. The Bertz CT molecular complexity index is 576. The highest BCUT2D eigenvalue weighted by atomic mass is 19.3. The third-order valence-electron chi connectivity index (χ3n) is 3.48. The number of hydrogen-bond donors (Lipinski definition) is 0. The van der Waals surface area contributed by atoms with Crippen LogP contribution in [0.25, 0.3) is 0 Å². The van der Waals surface area contributed by atoms with Crippen molar-refractivity contribution >= 4 is 5.91 Å². The Morgan fingerprint density at radius 3 is 2.52 bits per heavy atom. The van der Waals surface area contributed by atoms with Crippen molar-refractivity contribution in [3.05, 3.63) is 29.8 Å². The van der Waals surface area contributed by atoms with Gasteiger partial charge in [0.15, 0.2) is 0 Å². The highest BCUT2D eigenvalue weighted by molar-refractivity contribution is 5.96. The van der Waals surface area contributed by atoms with Gasteiger partial charge in [-0.2, -0.15) is 17.6 Å². The van der Waals surface area contributed by atoms with E-state index in [4.69, 9.17) is 4.74 Å². The van der Waals surface area contributed by atoms with Crippen LogP contribution >= 0.6 is 0 Å². The van der Waals surface area contributed by atoms with E-state index in [0.29, 0.717) is 19.8 Å². The van der Waals surface area contributed by atoms with Crippen molar-refractivity contribution in [2.45, 2.75) is 19.5 Å². The maximum atomic E-state index is 13.1. The van der Waals surface area contributed by atoms with Crippen LogP contribution in [-0.4, -0.2) is 50.1 Å². The number of benzene rings is 1. The minimum atomic E-state index is -4.66. The molecule has 0 spiro atoms. The summed E-state index contributed by atoms with van der Waals surface area (Å²) < 4.78 is 59.9. The largest absolute Gasteiger partial charge is 0.461 e. The molecule has 128 valence electrons. The van der Waals surface area contributed by atoms with Crippen LogP contribution in [-0.2, 0) is 4.74 Å². The average molecular weight is 335 g/mol. The Kier molecular flexibility index (Phi) is 4.84. The van der Waals surface area contributed by atoms with Crippen LogP contribution < -0.4 is 4.74 Å². The minimum Gasteiger partial charge on any atom is -0.427 e. The molecule has 4 nitrogen and oxygen atoms in total. The van der Waals surface area contributed by atoms with E-state index in [1.807, 2.05) is 6.92 Å². The van der Waals surface area contributed by atoms with Gasteiger partial charge >= 0.3 is 12.5 Å². The summed E-state index contributed by atoms with van der Waals surface area (Å²) in [5, 5.41) is 0. The van der Waals surface area contributed by atoms with Crippen molar-refractivity contribution in [3.63, 3.8) is 0 Å². The molecule has 0 aromatic heterocycles. The molecule has 2 rings (SSSR count). The fraction of sp³-hybridized carbons (Fsp3) is 0.533. The molecule has 23 heavy (non-hydrogen) atoms. The van der Waals surface area contributed by atoms with Crippen LogP contribution in [0.5, 0.6) is 5.75 Å². The van der Waals surface area contributed by atoms with Crippen molar-refractivity contribution in [1.82, 2.24) is 4.90 Å². The van der Waals surface area contributed by atoms with Crippen molar-refractivity contribution in [3.8, 4) is 5.75 Å². The molecule has 1 aliphatic rings. The molecule has 0 radical (unpaired) electrons. The van der Waals surface area contributed by atoms with E-state index in [-0.39, 0.29) is 11.0 Å². The number of nitrogens with zero attached hydrogens (tertiary/aromatic N) is 1. The van der Waals surface area contributed by atoms with E-state index >= 15 is 0 Å². The summed E-state index contributed by atoms with van der Waals surface area (Å²) in [7, 11) is 1.51. The second-order valence-electron chi connectivity index (χ2n) is 5.93. The number of ether oxygens (including phenoxy) is 2. The van der Waals surface area contributed by atoms with Gasteiger partial charge in [0.1, 0.15) is 5.75 Å². The van der Waals surface area contributed by atoms with Gasteiger partial charge in [-0.3, -0.25) is 4.79 Å². The van der Waals surface area contributed by atoms with E-state index in [2.05, 4.69) is 4.74 Å². The van der Waals surface area contributed by atoms with Gasteiger partial charge in [0.2, 0.25) is 0 Å². The normalized spacial score (nSPS) is 16.8. The Morgan fingerprint density at radius 2 is 2.00 bits per heavy atom. The van der Waals surface area contributed by atoms with Crippen molar-refractivity contribution in [2.24, 2.45) is 5.41 Å². The quantitative estimate of drug-likeness (QED) is 0.750. The van der Waals surface area contributed by atoms with Crippen LogP contribution in [0.15, 0.2) is 24.3 Å². The summed E-state index contributed by atoms with van der Waals surface area (Å²) >= 11 is 0. The van der Waals surface area contributed by atoms with Gasteiger partial charge in [-0.15, -0.1) is 0 Å². The van der Waals surface area contributed by atoms with Gasteiger partial charge in [-0.05, 0) is 12.1 Å². The number of para-hydroxylation sites is 1. The van der Waals surface area contributed by atoms with Crippen LogP contribution in [0.3, 0.4) is 0 Å². The highest BCUT2D eigenvalue weighted by Crippen LogP contribution is 2.32. The Labute approximate surface area is 131 Å². The topological polar surface area (TPSA) is 38.8 Å². The summed E-state index contributed by atoms with van der Waals surface area (Å²) in [6.45, 7) is 3.26. The molecule has 8 heteroatoms. The molecule has 1 saturated heterocycles. The second-order valence-corrected chi connectivity index (χ2v) is 5.93. The van der Waals surface area contributed by atoms with Crippen molar-refractivity contribution < 1.29 is 31.8 Å². The van der Waals surface area contributed by atoms with Gasteiger partial charge in [0.25, 0.3) is 5.91 Å². The van der Waals surface area contributed by atoms with E-state index < -0.39 is 24.2 Å². The molecule has 0 bridgehead atoms. The molecule has 1 heterocycles. The molecular formula is C15H17F4NO3. The zero-order valence-electron chi connectivity index (χ0n) is 12.7. The maximum Gasteiger partial charge on any atom is 0.461 e. The first-order chi connectivity index (χ1) is 10.6. The molecule has 0 aliphatic carbocycles. The summed E-state index contributed by atoms with van der Waals surface area (Å²) in [6.07, 6.45) is -8.66. The van der Waals surface area contributed by atoms with Gasteiger partial charge in [0.05, 0.1) is 18.8 Å². The zero-order chi connectivity index (χ0) is 17.3. The van der Waals surface area contributed by atoms with Crippen LogP contribution in [0.2, 0.25) is 0 Å². The van der Waals surface area contributed by atoms with Gasteiger partial charge in [-0.1, -0.05) is 19.1 Å². The molecule has 0 unspecified atom stereocenters. The van der Waals surface area contributed by atoms with E-state index in [9.17, 15) is 22.4 Å². The van der Waals surface area contributed by atoms with Crippen LogP contribution in [0.1, 0.15) is 17.3 Å². The third-order valence-corrected chi connectivity index (χ3v) is 3.48. The fourth-order valence-corrected chi connectivity index (χ4v) is 2.32. The molecule has 0 N–H and O–H groups in total. The summed E-state index contributed by atoms with van der Waals surface area (Å²) in [5.41, 5.74) is -0.396. The standard InChI is InChI=1S/C15H17F4NO3/c1-14(8-22-9-14)7-20(2)12(21)10-5-3-4-6-11(10)23-15(18,19)13(16)17/h3-6,13H,7-9H2,1-2H3. The van der Waals surface area contributed by atoms with Gasteiger partial charge < -0.3 is 14.4 Å². The summed E-state index contributed by atoms with van der Waals surface area (Å²) in [4.78, 5) is 13.8. The van der Waals surface area contributed by atoms with E-state index in [0.717, 1.165) is 6.07 Å². The Morgan fingerprint density at radius 1 is 1.39 bits per heavy atom. The number of hydrogen-bond acceptors (Lipinski definition) is 3. The summed E-state index contributed by atoms with van der Waals surface area (Å²) in [5.74, 6) is -1.16. The van der Waals surface area contributed by atoms with Gasteiger partial charge in [-0.25, -0.2) is 0 Å². The zero-order valence-corrected chi connectivity index (χ0v) is 12.7. The monoisotopic (exact) mass is 335 g/mol. The predicted octanol–water partition coefficient (Wildman–Crippen LogP) is 3.03. The number of alkyl halides is 4. The smallest absolute Gasteiger partial charge is 0.427 e. The third kappa shape index (κ3) is 3.93. The molecule has 1 aromatic carbocycles. The molecule has 0 atom stereocenters. The Balaban J connectivity index is 2.17. The van der Waals surface area contributed by atoms with Crippen molar-refractivity contribution in [2.75, 3.05) is 26.8 Å². The first-order valence-electron chi connectivity index (χ1n) is 6.92. The molecular weight excluding hydrogens is 318 g/mol. The van der Waals surface area contributed by atoms with E-state index in [1.54, 1.807) is 0 Å². The Hall–Kier alpha value is -1.83. The number of amides is 1. The first kappa shape index (κ1) is 17.5. The number of carbonyl (C=O) groups excluding carboxylic acids is 1. The van der Waals surface area contributed by atoms with Crippen LogP contribution in [0, 0.1) is 5.41 Å². The number of rotatable bonds is 6. The molecule has 1 aliphatic heterocycles.